The van der Waals surface area contributed by atoms with Gasteiger partial charge in [-0.1, -0.05) is 29.8 Å². The van der Waals surface area contributed by atoms with Crippen molar-refractivity contribution < 1.29 is 13.5 Å². The van der Waals surface area contributed by atoms with Crippen LogP contribution in [0, 0.1) is 0 Å². The summed E-state index contributed by atoms with van der Waals surface area (Å²) in [6.07, 6.45) is 0. The van der Waals surface area contributed by atoms with Gasteiger partial charge in [-0.25, -0.2) is 13.1 Å². The predicted molar refractivity (Wildman–Crippen MR) is 59.2 cm³/mol. The number of nitrogens with one attached hydrogen (secondary N) is 1. The van der Waals surface area contributed by atoms with Gasteiger partial charge in [0.05, 0.1) is 12.4 Å². The lowest BCUT2D eigenvalue weighted by atomic mass is 10.2. The molecule has 0 aliphatic rings. The van der Waals surface area contributed by atoms with Gasteiger partial charge in [-0.15, -0.1) is 0 Å². The minimum Gasteiger partial charge on any atom is -0.395 e. The van der Waals surface area contributed by atoms with Crippen LogP contribution >= 0.6 is 11.6 Å². The highest BCUT2D eigenvalue weighted by Crippen LogP contribution is 2.14. The van der Waals surface area contributed by atoms with Crippen LogP contribution in [-0.2, 0) is 16.6 Å². The molecule has 0 spiro atoms. The second-order valence-corrected chi connectivity index (χ2v) is 5.29. The van der Waals surface area contributed by atoms with Crippen LogP contribution in [0.2, 0.25) is 5.02 Å². The molecule has 84 valence electrons. The Kier molecular flexibility index (Phi) is 4.53. The Morgan fingerprint density at radius 1 is 1.33 bits per heavy atom. The quantitative estimate of drug-likeness (QED) is 0.809. The minimum absolute atomic E-state index is 0.141. The van der Waals surface area contributed by atoms with Crippen LogP contribution < -0.4 is 4.72 Å². The van der Waals surface area contributed by atoms with E-state index >= 15 is 0 Å². The molecule has 1 aromatic rings. The van der Waals surface area contributed by atoms with Crippen molar-refractivity contribution in [3.63, 3.8) is 0 Å². The van der Waals surface area contributed by atoms with Gasteiger partial charge in [0.15, 0.2) is 0 Å². The van der Waals surface area contributed by atoms with Gasteiger partial charge in [0, 0.05) is 11.6 Å². The largest absolute Gasteiger partial charge is 0.395 e. The number of hydrogen-bond acceptors (Lipinski definition) is 3. The summed E-state index contributed by atoms with van der Waals surface area (Å²) in [4.78, 5) is 0. The maximum Gasteiger partial charge on any atom is 0.214 e. The second kappa shape index (κ2) is 5.46. The number of sulfonamides is 1. The summed E-state index contributed by atoms with van der Waals surface area (Å²) < 4.78 is 24.7. The van der Waals surface area contributed by atoms with Gasteiger partial charge in [-0.2, -0.15) is 0 Å². The lowest BCUT2D eigenvalue weighted by molar-refractivity contribution is 0.319. The van der Waals surface area contributed by atoms with E-state index in [1.807, 2.05) is 0 Å². The topological polar surface area (TPSA) is 66.4 Å². The van der Waals surface area contributed by atoms with Crippen molar-refractivity contribution >= 4 is 21.6 Å². The monoisotopic (exact) mass is 249 g/mol. The third-order valence-electron chi connectivity index (χ3n) is 1.80. The molecule has 6 heteroatoms. The Bertz CT molecular complexity index is 419. The second-order valence-electron chi connectivity index (χ2n) is 2.96. The number of benzene rings is 1. The maximum absolute atomic E-state index is 11.2. The van der Waals surface area contributed by atoms with Crippen LogP contribution in [0.1, 0.15) is 5.56 Å². The van der Waals surface area contributed by atoms with Crippen molar-refractivity contribution in [1.29, 1.82) is 0 Å². The van der Waals surface area contributed by atoms with Gasteiger partial charge >= 0.3 is 0 Å². The Hall–Kier alpha value is -0.620. The van der Waals surface area contributed by atoms with E-state index in [2.05, 4.69) is 4.72 Å². The fraction of sp³-hybridized carbons (Fsp3) is 0.333. The first-order valence-corrected chi connectivity index (χ1v) is 6.40. The van der Waals surface area contributed by atoms with Crippen molar-refractivity contribution in [2.75, 3.05) is 12.4 Å². The molecule has 15 heavy (non-hydrogen) atoms. The van der Waals surface area contributed by atoms with Gasteiger partial charge < -0.3 is 5.11 Å². The summed E-state index contributed by atoms with van der Waals surface area (Å²) in [5.41, 5.74) is 0.709. The molecule has 0 unspecified atom stereocenters. The zero-order valence-electron chi connectivity index (χ0n) is 7.98. The summed E-state index contributed by atoms with van der Waals surface area (Å²) in [7, 11) is -3.41. The lowest BCUT2D eigenvalue weighted by Crippen LogP contribution is -2.27. The number of rotatable bonds is 5. The van der Waals surface area contributed by atoms with Crippen LogP contribution in [0.15, 0.2) is 24.3 Å². The Balaban J connectivity index is 2.62. The van der Waals surface area contributed by atoms with Crippen LogP contribution in [0.3, 0.4) is 0 Å². The SMILES string of the molecule is O=S(=O)(CCO)NCc1ccccc1Cl. The molecule has 0 aliphatic heterocycles. The van der Waals surface area contributed by atoms with E-state index in [0.717, 1.165) is 0 Å². The van der Waals surface area contributed by atoms with E-state index < -0.39 is 16.6 Å². The predicted octanol–water partition coefficient (Wildman–Crippen LogP) is 0.752. The molecular weight excluding hydrogens is 238 g/mol. The molecule has 0 saturated heterocycles. The molecule has 0 fully saturated rings. The Labute approximate surface area is 93.9 Å². The van der Waals surface area contributed by atoms with Gasteiger partial charge in [-0.05, 0) is 11.6 Å². The molecule has 4 nitrogen and oxygen atoms in total. The molecule has 2 N–H and O–H groups in total. The van der Waals surface area contributed by atoms with Crippen LogP contribution in [0.4, 0.5) is 0 Å². The molecule has 0 amide bonds. The fourth-order valence-electron chi connectivity index (χ4n) is 1.02. The molecule has 0 heterocycles. The number of halogens is 1. The smallest absolute Gasteiger partial charge is 0.214 e. The van der Waals surface area contributed by atoms with Crippen molar-refractivity contribution in [1.82, 2.24) is 4.72 Å². The molecule has 0 saturated carbocycles. The molecule has 1 rings (SSSR count). The maximum atomic E-state index is 11.2. The number of aliphatic hydroxyl groups excluding tert-OH is 1. The highest BCUT2D eigenvalue weighted by atomic mass is 35.5. The van der Waals surface area contributed by atoms with Crippen molar-refractivity contribution in [2.45, 2.75) is 6.54 Å². The Morgan fingerprint density at radius 3 is 2.60 bits per heavy atom. The van der Waals surface area contributed by atoms with Crippen molar-refractivity contribution in [2.24, 2.45) is 0 Å². The average molecular weight is 250 g/mol. The third-order valence-corrected chi connectivity index (χ3v) is 3.47. The normalized spacial score (nSPS) is 11.6. The average Bonchev–Trinajstić information content (AvgIpc) is 2.16. The number of aliphatic hydroxyl groups is 1. The van der Waals surface area contributed by atoms with Crippen LogP contribution in [0.5, 0.6) is 0 Å². The van der Waals surface area contributed by atoms with Gasteiger partial charge in [0.25, 0.3) is 0 Å². The van der Waals surface area contributed by atoms with E-state index in [1.54, 1.807) is 24.3 Å². The first-order chi connectivity index (χ1) is 7.05. The minimum atomic E-state index is -3.41. The van der Waals surface area contributed by atoms with E-state index in [1.165, 1.54) is 0 Å². The third kappa shape index (κ3) is 4.17. The highest BCUT2D eigenvalue weighted by Gasteiger charge is 2.09. The first-order valence-electron chi connectivity index (χ1n) is 4.37. The lowest BCUT2D eigenvalue weighted by Gasteiger charge is -2.06. The summed E-state index contributed by atoms with van der Waals surface area (Å²) >= 11 is 5.85. The van der Waals surface area contributed by atoms with Crippen LogP contribution in [-0.4, -0.2) is 25.9 Å². The summed E-state index contributed by atoms with van der Waals surface area (Å²) in [6.45, 7) is -0.250. The standard InChI is InChI=1S/C9H12ClNO3S/c10-9-4-2-1-3-8(9)7-11-15(13,14)6-5-12/h1-4,11-12H,5-7H2. The van der Waals surface area contributed by atoms with Crippen molar-refractivity contribution in [3.05, 3.63) is 34.9 Å². The van der Waals surface area contributed by atoms with Crippen LogP contribution in [0.25, 0.3) is 0 Å². The molecular formula is C9H12ClNO3S. The van der Waals surface area contributed by atoms with E-state index in [9.17, 15) is 8.42 Å². The van der Waals surface area contributed by atoms with Gasteiger partial charge in [0.2, 0.25) is 10.0 Å². The zero-order valence-corrected chi connectivity index (χ0v) is 9.55. The summed E-state index contributed by atoms with van der Waals surface area (Å²) in [5, 5.41) is 9.03. The zero-order chi connectivity index (χ0) is 11.3. The molecule has 0 aromatic heterocycles. The molecule has 1 aromatic carbocycles. The highest BCUT2D eigenvalue weighted by molar-refractivity contribution is 7.89. The fourth-order valence-corrected chi connectivity index (χ4v) is 1.98. The summed E-state index contributed by atoms with van der Waals surface area (Å²) in [6, 6.07) is 6.98. The van der Waals surface area contributed by atoms with E-state index in [0.29, 0.717) is 10.6 Å². The van der Waals surface area contributed by atoms with E-state index in [-0.39, 0.29) is 12.3 Å². The molecule has 0 bridgehead atoms. The number of hydrogen-bond donors (Lipinski definition) is 2. The Morgan fingerprint density at radius 2 is 2.00 bits per heavy atom. The molecule has 0 radical (unpaired) electrons. The molecule has 0 atom stereocenters. The van der Waals surface area contributed by atoms with Crippen molar-refractivity contribution in [3.8, 4) is 0 Å². The molecule has 0 aliphatic carbocycles. The van der Waals surface area contributed by atoms with Gasteiger partial charge in [-0.3, -0.25) is 0 Å². The summed E-state index contributed by atoms with van der Waals surface area (Å²) in [5.74, 6) is -0.294. The van der Waals surface area contributed by atoms with E-state index in [4.69, 9.17) is 16.7 Å². The first kappa shape index (κ1) is 12.4. The van der Waals surface area contributed by atoms with Gasteiger partial charge in [0.1, 0.15) is 0 Å².